The van der Waals surface area contributed by atoms with Crippen LogP contribution in [0, 0.1) is 5.92 Å². The standard InChI is InChI=1S/C20H36N6O7S/c1-10(2)8-14(20(32)33)26-19(31)13(9-16(23)28)25-18(30)12(6-7-34-3)24-17(29)11(21)4-5-15(22)27/h10-14H,4-9,21H2,1-3H3,(H2,22,27)(H2,23,28)(H,24,29)(H,25,30)(H,26,31)(H,32,33). The lowest BCUT2D eigenvalue weighted by molar-refractivity contribution is -0.143. The number of rotatable bonds is 17. The van der Waals surface area contributed by atoms with Crippen molar-refractivity contribution in [3.8, 4) is 0 Å². The van der Waals surface area contributed by atoms with Crippen LogP contribution in [0.4, 0.5) is 0 Å². The van der Waals surface area contributed by atoms with Gasteiger partial charge in [-0.05, 0) is 37.2 Å². The molecule has 0 heterocycles. The van der Waals surface area contributed by atoms with Crippen molar-refractivity contribution in [3.05, 3.63) is 0 Å². The molecule has 0 spiro atoms. The molecule has 4 unspecified atom stereocenters. The molecule has 0 bridgehead atoms. The smallest absolute Gasteiger partial charge is 0.326 e. The number of nitrogens with one attached hydrogen (secondary N) is 3. The second-order valence-corrected chi connectivity index (χ2v) is 9.20. The maximum Gasteiger partial charge on any atom is 0.326 e. The van der Waals surface area contributed by atoms with E-state index < -0.39 is 66.1 Å². The van der Waals surface area contributed by atoms with Crippen LogP contribution in [0.15, 0.2) is 0 Å². The van der Waals surface area contributed by atoms with E-state index in [0.29, 0.717) is 5.75 Å². The zero-order chi connectivity index (χ0) is 26.4. The lowest BCUT2D eigenvalue weighted by Crippen LogP contribution is -2.58. The Kier molecular flexibility index (Phi) is 14.5. The Morgan fingerprint density at radius 3 is 1.82 bits per heavy atom. The van der Waals surface area contributed by atoms with Gasteiger partial charge in [0.05, 0.1) is 12.5 Å². The Bertz CT molecular complexity index is 749. The average Bonchev–Trinajstić information content (AvgIpc) is 2.72. The van der Waals surface area contributed by atoms with Crippen molar-refractivity contribution in [2.45, 2.75) is 70.1 Å². The monoisotopic (exact) mass is 504 g/mol. The van der Waals surface area contributed by atoms with Crippen LogP contribution in [0.2, 0.25) is 0 Å². The highest BCUT2D eigenvalue weighted by Crippen LogP contribution is 2.07. The fourth-order valence-electron chi connectivity index (χ4n) is 2.86. The molecule has 13 nitrogen and oxygen atoms in total. The highest BCUT2D eigenvalue weighted by atomic mass is 32.2. The number of hydrogen-bond acceptors (Lipinski definition) is 8. The quantitative estimate of drug-likeness (QED) is 0.113. The van der Waals surface area contributed by atoms with E-state index in [2.05, 4.69) is 16.0 Å². The van der Waals surface area contributed by atoms with Gasteiger partial charge >= 0.3 is 5.97 Å². The lowest BCUT2D eigenvalue weighted by Gasteiger charge is -2.25. The van der Waals surface area contributed by atoms with Crippen LogP contribution in [0.5, 0.6) is 0 Å². The maximum absolute atomic E-state index is 12.9. The van der Waals surface area contributed by atoms with Crippen LogP contribution in [0.3, 0.4) is 0 Å². The molecule has 0 aromatic heterocycles. The third kappa shape index (κ3) is 13.0. The van der Waals surface area contributed by atoms with E-state index in [1.54, 1.807) is 20.1 Å². The average molecular weight is 505 g/mol. The van der Waals surface area contributed by atoms with Gasteiger partial charge in [0.25, 0.3) is 0 Å². The first kappa shape index (κ1) is 31.1. The zero-order valence-corrected chi connectivity index (χ0v) is 20.5. The Labute approximate surface area is 202 Å². The van der Waals surface area contributed by atoms with Gasteiger partial charge < -0.3 is 38.3 Å². The number of thioether (sulfide) groups is 1. The van der Waals surface area contributed by atoms with Gasteiger partial charge in [-0.3, -0.25) is 24.0 Å². The highest BCUT2D eigenvalue weighted by Gasteiger charge is 2.31. The van der Waals surface area contributed by atoms with E-state index in [4.69, 9.17) is 17.2 Å². The van der Waals surface area contributed by atoms with Crippen LogP contribution < -0.4 is 33.2 Å². The number of carbonyl (C=O) groups excluding carboxylic acids is 5. The van der Waals surface area contributed by atoms with Gasteiger partial charge in [-0.2, -0.15) is 11.8 Å². The molecular weight excluding hydrogens is 468 g/mol. The van der Waals surface area contributed by atoms with Crippen molar-refractivity contribution < 1.29 is 33.9 Å². The molecule has 0 saturated carbocycles. The predicted molar refractivity (Wildman–Crippen MR) is 126 cm³/mol. The number of amides is 5. The minimum atomic E-state index is -1.45. The van der Waals surface area contributed by atoms with Crippen molar-refractivity contribution in [3.63, 3.8) is 0 Å². The Morgan fingerprint density at radius 2 is 1.35 bits per heavy atom. The minimum absolute atomic E-state index is 0.0167. The molecule has 0 saturated heterocycles. The summed E-state index contributed by atoms with van der Waals surface area (Å²) in [5, 5.41) is 16.5. The fraction of sp³-hybridized carbons (Fsp3) is 0.700. The molecule has 0 aromatic rings. The molecule has 0 rings (SSSR count). The van der Waals surface area contributed by atoms with Crippen LogP contribution in [0.1, 0.15) is 46.0 Å². The molecule has 34 heavy (non-hydrogen) atoms. The molecule has 0 aliphatic heterocycles. The van der Waals surface area contributed by atoms with E-state index in [-0.39, 0.29) is 31.6 Å². The van der Waals surface area contributed by atoms with E-state index in [9.17, 15) is 33.9 Å². The van der Waals surface area contributed by atoms with Crippen LogP contribution >= 0.6 is 11.8 Å². The molecule has 0 aliphatic carbocycles. The first-order valence-electron chi connectivity index (χ1n) is 10.7. The third-order valence-corrected chi connectivity index (χ3v) is 5.29. The van der Waals surface area contributed by atoms with Gasteiger partial charge in [-0.15, -0.1) is 0 Å². The van der Waals surface area contributed by atoms with Crippen molar-refractivity contribution in [2.24, 2.45) is 23.1 Å². The summed E-state index contributed by atoms with van der Waals surface area (Å²) in [5.41, 5.74) is 16.0. The number of aliphatic carboxylic acids is 1. The molecule has 0 aromatic carbocycles. The van der Waals surface area contributed by atoms with E-state index >= 15 is 0 Å². The maximum atomic E-state index is 12.9. The Hall–Kier alpha value is -2.87. The molecule has 0 fully saturated rings. The van der Waals surface area contributed by atoms with E-state index in [1.807, 2.05) is 0 Å². The van der Waals surface area contributed by atoms with Gasteiger partial charge in [-0.1, -0.05) is 13.8 Å². The van der Waals surface area contributed by atoms with Crippen molar-refractivity contribution in [1.82, 2.24) is 16.0 Å². The highest BCUT2D eigenvalue weighted by molar-refractivity contribution is 7.98. The van der Waals surface area contributed by atoms with Crippen molar-refractivity contribution >= 4 is 47.3 Å². The molecular formula is C20H36N6O7S. The Morgan fingerprint density at radius 1 is 0.824 bits per heavy atom. The largest absolute Gasteiger partial charge is 0.480 e. The number of nitrogens with two attached hydrogens (primary N) is 3. The van der Waals surface area contributed by atoms with Crippen LogP contribution in [-0.4, -0.2) is 76.8 Å². The summed E-state index contributed by atoms with van der Waals surface area (Å²) in [4.78, 5) is 71.7. The molecule has 0 radical (unpaired) electrons. The summed E-state index contributed by atoms with van der Waals surface area (Å²) < 4.78 is 0. The van der Waals surface area contributed by atoms with Gasteiger partial charge in [-0.25, -0.2) is 4.79 Å². The van der Waals surface area contributed by atoms with Crippen LogP contribution in [0.25, 0.3) is 0 Å². The van der Waals surface area contributed by atoms with Crippen LogP contribution in [-0.2, 0) is 28.8 Å². The predicted octanol–water partition coefficient (Wildman–Crippen LogP) is -2.21. The summed E-state index contributed by atoms with van der Waals surface area (Å²) in [6.07, 6.45) is 1.40. The zero-order valence-electron chi connectivity index (χ0n) is 19.7. The van der Waals surface area contributed by atoms with Gasteiger partial charge in [0.1, 0.15) is 18.1 Å². The van der Waals surface area contributed by atoms with Crippen molar-refractivity contribution in [2.75, 3.05) is 12.0 Å². The number of hydrogen-bond donors (Lipinski definition) is 7. The topological polar surface area (TPSA) is 237 Å². The third-order valence-electron chi connectivity index (χ3n) is 4.64. The van der Waals surface area contributed by atoms with Gasteiger partial charge in [0.2, 0.25) is 29.5 Å². The molecule has 10 N–H and O–H groups in total. The van der Waals surface area contributed by atoms with E-state index in [0.717, 1.165) is 0 Å². The molecule has 14 heteroatoms. The molecule has 4 atom stereocenters. The first-order chi connectivity index (χ1) is 15.8. The van der Waals surface area contributed by atoms with Gasteiger partial charge in [0, 0.05) is 6.42 Å². The minimum Gasteiger partial charge on any atom is -0.480 e. The van der Waals surface area contributed by atoms with E-state index in [1.165, 1.54) is 11.8 Å². The first-order valence-corrected chi connectivity index (χ1v) is 12.1. The molecule has 5 amide bonds. The number of carbonyl (C=O) groups is 6. The SMILES string of the molecule is CSCCC(NC(=O)C(N)CCC(N)=O)C(=O)NC(CC(N)=O)C(=O)NC(CC(C)C)C(=O)O. The number of carboxylic acid groups (broad SMARTS) is 1. The Balaban J connectivity index is 5.46. The summed E-state index contributed by atoms with van der Waals surface area (Å²) >= 11 is 1.41. The lowest BCUT2D eigenvalue weighted by atomic mass is 10.0. The second-order valence-electron chi connectivity index (χ2n) is 8.21. The number of carboxylic acids is 1. The fourth-order valence-corrected chi connectivity index (χ4v) is 3.33. The second kappa shape index (κ2) is 15.9. The normalized spacial score (nSPS) is 14.4. The molecule has 194 valence electrons. The van der Waals surface area contributed by atoms with Crippen molar-refractivity contribution in [1.29, 1.82) is 0 Å². The molecule has 0 aliphatic rings. The van der Waals surface area contributed by atoms with Gasteiger partial charge in [0.15, 0.2) is 0 Å². The summed E-state index contributed by atoms with van der Waals surface area (Å²) in [7, 11) is 0. The number of primary amides is 2. The summed E-state index contributed by atoms with van der Waals surface area (Å²) in [6.45, 7) is 3.55. The summed E-state index contributed by atoms with van der Waals surface area (Å²) in [6, 6.07) is -4.87. The summed E-state index contributed by atoms with van der Waals surface area (Å²) in [5.74, 6) is -4.73.